The highest BCUT2D eigenvalue weighted by Gasteiger charge is 2.30. The van der Waals surface area contributed by atoms with Crippen LogP contribution < -0.4 is 10.2 Å². The molecule has 1 fully saturated rings. The molecule has 10 heteroatoms. The molecular formula is C21H17N5O5. The van der Waals surface area contributed by atoms with Crippen LogP contribution in [0, 0.1) is 17.0 Å². The van der Waals surface area contributed by atoms with Crippen molar-refractivity contribution in [2.45, 2.75) is 19.8 Å². The van der Waals surface area contributed by atoms with Crippen molar-refractivity contribution < 1.29 is 19.3 Å². The van der Waals surface area contributed by atoms with Crippen LogP contribution in [0.15, 0.2) is 54.6 Å². The number of nitrogens with zero attached hydrogens (tertiary/aromatic N) is 4. The maximum Gasteiger partial charge on any atom is 0.269 e. The molecule has 4 rings (SSSR count). The minimum atomic E-state index is -0.492. The van der Waals surface area contributed by atoms with Gasteiger partial charge in [0.05, 0.1) is 22.0 Å². The minimum Gasteiger partial charge on any atom is -0.306 e. The zero-order valence-corrected chi connectivity index (χ0v) is 16.4. The van der Waals surface area contributed by atoms with Crippen molar-refractivity contribution in [2.75, 3.05) is 10.2 Å². The lowest BCUT2D eigenvalue weighted by Gasteiger charge is -2.14. The van der Waals surface area contributed by atoms with E-state index in [4.69, 9.17) is 0 Å². The molecule has 156 valence electrons. The van der Waals surface area contributed by atoms with Crippen LogP contribution in [0.3, 0.4) is 0 Å². The third kappa shape index (κ3) is 3.90. The van der Waals surface area contributed by atoms with E-state index in [-0.39, 0.29) is 30.3 Å². The molecular weight excluding hydrogens is 402 g/mol. The number of carbonyl (C=O) groups excluding carboxylic acids is 3. The van der Waals surface area contributed by atoms with Crippen LogP contribution in [0.25, 0.3) is 5.69 Å². The quantitative estimate of drug-likeness (QED) is 0.385. The number of nitro benzene ring substituents is 1. The van der Waals surface area contributed by atoms with E-state index >= 15 is 0 Å². The van der Waals surface area contributed by atoms with E-state index < -0.39 is 10.8 Å². The van der Waals surface area contributed by atoms with Crippen molar-refractivity contribution in [3.63, 3.8) is 0 Å². The molecule has 1 aromatic heterocycles. The summed E-state index contributed by atoms with van der Waals surface area (Å²) in [5.74, 6) is -0.534. The third-order valence-corrected chi connectivity index (χ3v) is 4.82. The normalized spacial score (nSPS) is 13.5. The summed E-state index contributed by atoms with van der Waals surface area (Å²) in [7, 11) is 0. The van der Waals surface area contributed by atoms with Gasteiger partial charge in [-0.3, -0.25) is 29.4 Å². The molecule has 31 heavy (non-hydrogen) atoms. The summed E-state index contributed by atoms with van der Waals surface area (Å²) in [5.41, 5.74) is 1.91. The van der Waals surface area contributed by atoms with Gasteiger partial charge in [0.2, 0.25) is 11.8 Å². The van der Waals surface area contributed by atoms with Gasteiger partial charge in [-0.2, -0.15) is 5.10 Å². The number of aryl methyl sites for hydroxylation is 1. The Morgan fingerprint density at radius 3 is 2.16 bits per heavy atom. The fraction of sp³-hybridized carbons (Fsp3) is 0.143. The van der Waals surface area contributed by atoms with Crippen molar-refractivity contribution >= 4 is 34.9 Å². The molecule has 0 atom stereocenters. The Hall–Kier alpha value is -4.34. The van der Waals surface area contributed by atoms with Gasteiger partial charge >= 0.3 is 0 Å². The fourth-order valence-corrected chi connectivity index (χ4v) is 3.32. The highest BCUT2D eigenvalue weighted by Crippen LogP contribution is 2.24. The van der Waals surface area contributed by atoms with Crippen LogP contribution in [0.2, 0.25) is 0 Å². The Morgan fingerprint density at radius 2 is 1.58 bits per heavy atom. The first-order valence-electron chi connectivity index (χ1n) is 9.42. The molecule has 1 N–H and O–H groups in total. The van der Waals surface area contributed by atoms with E-state index in [0.717, 1.165) is 4.90 Å². The van der Waals surface area contributed by atoms with Crippen molar-refractivity contribution in [2.24, 2.45) is 0 Å². The topological polar surface area (TPSA) is 127 Å². The molecule has 2 aromatic carbocycles. The number of amides is 3. The zero-order chi connectivity index (χ0) is 22.1. The second-order valence-corrected chi connectivity index (χ2v) is 6.98. The average Bonchev–Trinajstić information content (AvgIpc) is 3.29. The molecule has 10 nitrogen and oxygen atoms in total. The van der Waals surface area contributed by atoms with Gasteiger partial charge in [-0.15, -0.1) is 0 Å². The average molecular weight is 419 g/mol. The lowest BCUT2D eigenvalue weighted by molar-refractivity contribution is -0.384. The van der Waals surface area contributed by atoms with Gasteiger partial charge in [-0.1, -0.05) is 0 Å². The number of nitrogens with one attached hydrogen (secondary N) is 1. The number of aromatic nitrogens is 2. The standard InChI is InChI=1S/C21H17N5O5/c1-13-12-18(25(23-13)16-6-8-17(9-7-16)26(30)31)22-21(29)14-2-4-15(5-3-14)24-19(27)10-11-20(24)28/h2-9,12H,10-11H2,1H3,(H,22,29). The van der Waals surface area contributed by atoms with Crippen molar-refractivity contribution in [3.05, 3.63) is 76.0 Å². The minimum absolute atomic E-state index is 0.0479. The highest BCUT2D eigenvalue weighted by molar-refractivity contribution is 6.20. The molecule has 0 unspecified atom stereocenters. The fourth-order valence-electron chi connectivity index (χ4n) is 3.32. The number of rotatable bonds is 5. The lowest BCUT2D eigenvalue weighted by atomic mass is 10.2. The van der Waals surface area contributed by atoms with Gasteiger partial charge in [0.15, 0.2) is 0 Å². The second kappa shape index (κ2) is 7.82. The molecule has 0 aliphatic carbocycles. The van der Waals surface area contributed by atoms with Crippen LogP contribution >= 0.6 is 0 Å². The monoisotopic (exact) mass is 419 g/mol. The summed E-state index contributed by atoms with van der Waals surface area (Å²) < 4.78 is 1.48. The Balaban J connectivity index is 1.54. The molecule has 1 aliphatic heterocycles. The van der Waals surface area contributed by atoms with Gasteiger partial charge in [-0.25, -0.2) is 4.68 Å². The van der Waals surface area contributed by atoms with Crippen LogP contribution in [-0.4, -0.2) is 32.4 Å². The first-order valence-corrected chi connectivity index (χ1v) is 9.42. The highest BCUT2D eigenvalue weighted by atomic mass is 16.6. The Bertz CT molecular complexity index is 1180. The van der Waals surface area contributed by atoms with E-state index in [9.17, 15) is 24.5 Å². The first kappa shape index (κ1) is 20.0. The van der Waals surface area contributed by atoms with E-state index in [0.29, 0.717) is 28.5 Å². The van der Waals surface area contributed by atoms with Gasteiger partial charge in [0.1, 0.15) is 5.82 Å². The van der Waals surface area contributed by atoms with E-state index in [2.05, 4.69) is 10.4 Å². The second-order valence-electron chi connectivity index (χ2n) is 6.98. The number of imide groups is 1. The molecule has 0 radical (unpaired) electrons. The predicted octanol–water partition coefficient (Wildman–Crippen LogP) is 2.99. The number of anilines is 2. The van der Waals surface area contributed by atoms with Crippen LogP contribution in [0.5, 0.6) is 0 Å². The van der Waals surface area contributed by atoms with Gasteiger partial charge in [-0.05, 0) is 43.3 Å². The SMILES string of the molecule is Cc1cc(NC(=O)c2ccc(N3C(=O)CCC3=O)cc2)n(-c2ccc([N+](=O)[O-])cc2)n1. The molecule has 3 aromatic rings. The zero-order valence-electron chi connectivity index (χ0n) is 16.4. The number of carbonyl (C=O) groups is 3. The van der Waals surface area contributed by atoms with Gasteiger partial charge in [0.25, 0.3) is 11.6 Å². The number of benzene rings is 2. The first-order chi connectivity index (χ1) is 14.8. The molecule has 0 saturated carbocycles. The van der Waals surface area contributed by atoms with E-state index in [1.165, 1.54) is 28.9 Å². The Kier molecular flexibility index (Phi) is 5.04. The number of non-ortho nitro benzene ring substituents is 1. The van der Waals surface area contributed by atoms with Gasteiger partial charge in [0, 0.05) is 36.6 Å². The van der Waals surface area contributed by atoms with Gasteiger partial charge < -0.3 is 5.32 Å². The van der Waals surface area contributed by atoms with Crippen molar-refractivity contribution in [1.29, 1.82) is 0 Å². The summed E-state index contributed by atoms with van der Waals surface area (Å²) in [5, 5.41) is 18.0. The summed E-state index contributed by atoms with van der Waals surface area (Å²) in [6.45, 7) is 1.76. The summed E-state index contributed by atoms with van der Waals surface area (Å²) in [6.07, 6.45) is 0.375. The predicted molar refractivity (Wildman–Crippen MR) is 111 cm³/mol. The molecule has 3 amide bonds. The molecule has 1 aliphatic rings. The largest absolute Gasteiger partial charge is 0.306 e. The van der Waals surface area contributed by atoms with E-state index in [1.54, 1.807) is 37.3 Å². The van der Waals surface area contributed by atoms with Crippen molar-refractivity contribution in [1.82, 2.24) is 9.78 Å². The maximum absolute atomic E-state index is 12.7. The Morgan fingerprint density at radius 1 is 1.00 bits per heavy atom. The summed E-state index contributed by atoms with van der Waals surface area (Å²) in [6, 6.07) is 13.6. The molecule has 0 spiro atoms. The van der Waals surface area contributed by atoms with Crippen LogP contribution in [0.1, 0.15) is 28.9 Å². The van der Waals surface area contributed by atoms with E-state index in [1.807, 2.05) is 0 Å². The lowest BCUT2D eigenvalue weighted by Crippen LogP contribution is -2.28. The number of nitro groups is 1. The molecule has 2 heterocycles. The van der Waals surface area contributed by atoms with Crippen LogP contribution in [-0.2, 0) is 9.59 Å². The maximum atomic E-state index is 12.7. The number of hydrogen-bond donors (Lipinski definition) is 1. The Labute approximate surface area is 176 Å². The van der Waals surface area contributed by atoms with Crippen LogP contribution in [0.4, 0.5) is 17.2 Å². The molecule has 0 bridgehead atoms. The summed E-state index contributed by atoms with van der Waals surface area (Å²) >= 11 is 0. The van der Waals surface area contributed by atoms with Crippen molar-refractivity contribution in [3.8, 4) is 5.69 Å². The third-order valence-electron chi connectivity index (χ3n) is 4.82. The number of hydrogen-bond acceptors (Lipinski definition) is 6. The summed E-state index contributed by atoms with van der Waals surface area (Å²) in [4.78, 5) is 47.9. The molecule has 1 saturated heterocycles. The smallest absolute Gasteiger partial charge is 0.269 e.